The summed E-state index contributed by atoms with van der Waals surface area (Å²) in [6.07, 6.45) is 0. The van der Waals surface area contributed by atoms with Crippen molar-refractivity contribution in [2.24, 2.45) is 5.73 Å². The fraction of sp³-hybridized carbons (Fsp3) is 0.400. The molecule has 2 rings (SSSR count). The molecule has 0 aliphatic carbocycles. The van der Waals surface area contributed by atoms with Crippen LogP contribution in [0.15, 0.2) is 17.0 Å². The van der Waals surface area contributed by atoms with Crippen LogP contribution in [0.25, 0.3) is 0 Å². The van der Waals surface area contributed by atoms with Crippen molar-refractivity contribution in [1.29, 1.82) is 0 Å². The lowest BCUT2D eigenvalue weighted by atomic mass is 10.2. The van der Waals surface area contributed by atoms with Crippen molar-refractivity contribution in [3.05, 3.63) is 22.2 Å². The van der Waals surface area contributed by atoms with Gasteiger partial charge < -0.3 is 15.2 Å². The second-order valence-corrected chi connectivity index (χ2v) is 5.64. The van der Waals surface area contributed by atoms with Crippen molar-refractivity contribution in [1.82, 2.24) is 4.72 Å². The van der Waals surface area contributed by atoms with E-state index in [-0.39, 0.29) is 37.8 Å². The first-order valence-corrected chi connectivity index (χ1v) is 7.22. The van der Waals surface area contributed by atoms with Crippen molar-refractivity contribution in [2.45, 2.75) is 4.90 Å². The molecule has 0 bridgehead atoms. The third-order valence-corrected chi connectivity index (χ3v) is 4.04. The van der Waals surface area contributed by atoms with Crippen molar-refractivity contribution in [3.63, 3.8) is 0 Å². The van der Waals surface area contributed by atoms with E-state index in [0.29, 0.717) is 0 Å². The molecule has 0 spiro atoms. The Kier molecular flexibility index (Phi) is 4.06. The summed E-state index contributed by atoms with van der Waals surface area (Å²) in [5, 5.41) is 11.0. The van der Waals surface area contributed by atoms with E-state index in [9.17, 15) is 18.5 Å². The van der Waals surface area contributed by atoms with E-state index < -0.39 is 25.5 Å². The molecule has 1 aliphatic heterocycles. The number of hydrogen-bond donors (Lipinski definition) is 2. The predicted molar refractivity (Wildman–Crippen MR) is 68.3 cm³/mol. The van der Waals surface area contributed by atoms with Gasteiger partial charge in [0.15, 0.2) is 16.4 Å². The zero-order valence-corrected chi connectivity index (χ0v) is 11.2. The molecule has 20 heavy (non-hydrogen) atoms. The number of nitro benzene ring substituents is 1. The Balaban J connectivity index is 2.53. The number of nitro groups is 1. The van der Waals surface area contributed by atoms with Crippen LogP contribution in [0, 0.1) is 10.1 Å². The first-order valence-electron chi connectivity index (χ1n) is 5.73. The molecule has 0 fully saturated rings. The van der Waals surface area contributed by atoms with Gasteiger partial charge in [0, 0.05) is 19.2 Å². The highest BCUT2D eigenvalue weighted by molar-refractivity contribution is 7.89. The summed E-state index contributed by atoms with van der Waals surface area (Å²) in [7, 11) is -4.04. The number of hydrogen-bond acceptors (Lipinski definition) is 7. The number of nitrogens with two attached hydrogens (primary N) is 1. The van der Waals surface area contributed by atoms with E-state index >= 15 is 0 Å². The molecular formula is C10H13N3O6S. The van der Waals surface area contributed by atoms with E-state index in [0.717, 1.165) is 12.1 Å². The normalized spacial score (nSPS) is 14.1. The summed E-state index contributed by atoms with van der Waals surface area (Å²) in [4.78, 5) is 9.77. The maximum atomic E-state index is 12.0. The average molecular weight is 303 g/mol. The van der Waals surface area contributed by atoms with Crippen LogP contribution in [0.5, 0.6) is 11.5 Å². The van der Waals surface area contributed by atoms with Crippen LogP contribution in [-0.4, -0.2) is 39.6 Å². The minimum atomic E-state index is -4.04. The largest absolute Gasteiger partial charge is 0.486 e. The van der Waals surface area contributed by atoms with Crippen molar-refractivity contribution in [2.75, 3.05) is 26.3 Å². The summed E-state index contributed by atoms with van der Waals surface area (Å²) in [6.45, 7) is 0.563. The molecule has 0 aromatic heterocycles. The first-order chi connectivity index (χ1) is 9.45. The number of sulfonamides is 1. The Morgan fingerprint density at radius 2 is 1.90 bits per heavy atom. The zero-order chi connectivity index (χ0) is 14.8. The third-order valence-electron chi connectivity index (χ3n) is 2.55. The van der Waals surface area contributed by atoms with Crippen LogP contribution in [0.1, 0.15) is 0 Å². The molecule has 1 aliphatic rings. The van der Waals surface area contributed by atoms with Gasteiger partial charge in [-0.05, 0) is 0 Å². The minimum absolute atomic E-state index is 0.0199. The van der Waals surface area contributed by atoms with Crippen LogP contribution >= 0.6 is 0 Å². The topological polar surface area (TPSA) is 134 Å². The predicted octanol–water partition coefficient (Wildman–Crippen LogP) is -0.397. The van der Waals surface area contributed by atoms with Gasteiger partial charge in [-0.2, -0.15) is 0 Å². The van der Waals surface area contributed by atoms with Gasteiger partial charge in [0.1, 0.15) is 13.2 Å². The quantitative estimate of drug-likeness (QED) is 0.558. The van der Waals surface area contributed by atoms with E-state index in [1.807, 2.05) is 0 Å². The van der Waals surface area contributed by atoms with Gasteiger partial charge in [0.2, 0.25) is 10.0 Å². The number of nitrogens with zero attached hydrogens (tertiary/aromatic N) is 1. The molecule has 0 amide bonds. The lowest BCUT2D eigenvalue weighted by Gasteiger charge is -2.19. The van der Waals surface area contributed by atoms with Gasteiger partial charge >= 0.3 is 0 Å². The van der Waals surface area contributed by atoms with E-state index in [4.69, 9.17) is 15.2 Å². The molecule has 9 nitrogen and oxygen atoms in total. The zero-order valence-electron chi connectivity index (χ0n) is 10.4. The Morgan fingerprint density at radius 3 is 2.45 bits per heavy atom. The Hall–Kier alpha value is -1.91. The molecule has 110 valence electrons. The van der Waals surface area contributed by atoms with Gasteiger partial charge in [0.25, 0.3) is 5.69 Å². The molecule has 10 heteroatoms. The maximum absolute atomic E-state index is 12.0. The molecule has 1 aromatic carbocycles. The molecule has 3 N–H and O–H groups in total. The van der Waals surface area contributed by atoms with Gasteiger partial charge in [-0.3, -0.25) is 10.1 Å². The fourth-order valence-electron chi connectivity index (χ4n) is 1.69. The lowest BCUT2D eigenvalue weighted by molar-refractivity contribution is -0.388. The molecule has 0 saturated heterocycles. The summed E-state index contributed by atoms with van der Waals surface area (Å²) in [5.74, 6) is 0.315. The van der Waals surface area contributed by atoms with Gasteiger partial charge in [-0.1, -0.05) is 0 Å². The molecule has 1 heterocycles. The van der Waals surface area contributed by atoms with Crippen molar-refractivity contribution in [3.8, 4) is 11.5 Å². The van der Waals surface area contributed by atoms with Gasteiger partial charge in [0.05, 0.1) is 11.0 Å². The highest BCUT2D eigenvalue weighted by Gasteiger charge is 2.29. The van der Waals surface area contributed by atoms with Crippen LogP contribution < -0.4 is 19.9 Å². The van der Waals surface area contributed by atoms with Crippen LogP contribution in [0.2, 0.25) is 0 Å². The Morgan fingerprint density at radius 1 is 1.30 bits per heavy atom. The number of benzene rings is 1. The van der Waals surface area contributed by atoms with Crippen molar-refractivity contribution >= 4 is 15.7 Å². The van der Waals surface area contributed by atoms with Gasteiger partial charge in [-0.15, -0.1) is 0 Å². The second-order valence-electron chi connectivity index (χ2n) is 3.91. The summed E-state index contributed by atoms with van der Waals surface area (Å²) in [5.41, 5.74) is 4.65. The molecule has 1 aromatic rings. The van der Waals surface area contributed by atoms with E-state index in [2.05, 4.69) is 4.72 Å². The summed E-state index contributed by atoms with van der Waals surface area (Å²) in [6, 6.07) is 2.14. The molecule has 0 atom stereocenters. The number of fused-ring (bicyclic) bond motifs is 1. The summed E-state index contributed by atoms with van der Waals surface area (Å²) < 4.78 is 36.7. The van der Waals surface area contributed by atoms with Crippen LogP contribution in [0.3, 0.4) is 0 Å². The highest BCUT2D eigenvalue weighted by atomic mass is 32.2. The monoisotopic (exact) mass is 303 g/mol. The summed E-state index contributed by atoms with van der Waals surface area (Å²) >= 11 is 0. The molecule has 0 unspecified atom stereocenters. The van der Waals surface area contributed by atoms with E-state index in [1.165, 1.54) is 0 Å². The second kappa shape index (κ2) is 5.61. The average Bonchev–Trinajstić information content (AvgIpc) is 2.43. The molecular weight excluding hydrogens is 290 g/mol. The third kappa shape index (κ3) is 2.81. The smallest absolute Gasteiger partial charge is 0.293 e. The maximum Gasteiger partial charge on any atom is 0.293 e. The SMILES string of the molecule is NCCNS(=O)(=O)c1cc2c(cc1[N+](=O)[O-])OCCO2. The fourth-order valence-corrected chi connectivity index (χ4v) is 2.90. The highest BCUT2D eigenvalue weighted by Crippen LogP contribution is 2.38. The van der Waals surface area contributed by atoms with Crippen LogP contribution in [-0.2, 0) is 10.0 Å². The number of rotatable bonds is 5. The Bertz CT molecular complexity index is 630. The number of ether oxygens (including phenoxy) is 2. The van der Waals surface area contributed by atoms with Crippen molar-refractivity contribution < 1.29 is 22.8 Å². The lowest BCUT2D eigenvalue weighted by Crippen LogP contribution is -2.30. The van der Waals surface area contributed by atoms with E-state index in [1.54, 1.807) is 0 Å². The minimum Gasteiger partial charge on any atom is -0.486 e. The molecule has 0 radical (unpaired) electrons. The first kappa shape index (κ1) is 14.5. The molecule has 0 saturated carbocycles. The Labute approximate surface area is 114 Å². The van der Waals surface area contributed by atoms with Crippen LogP contribution in [0.4, 0.5) is 5.69 Å². The standard InChI is InChI=1S/C10H13N3O6S/c11-1-2-12-20(16,17)10-6-9-8(18-3-4-19-9)5-7(10)13(14)15/h5-6,12H,1-4,11H2. The van der Waals surface area contributed by atoms with Gasteiger partial charge in [-0.25, -0.2) is 13.1 Å². The number of nitrogens with one attached hydrogen (secondary N) is 1.